The number of benzene rings is 3. The van der Waals surface area contributed by atoms with Gasteiger partial charge in [0.05, 0.1) is 27.0 Å². The molecule has 1 heterocycles. The maximum absolute atomic E-state index is 14.5. The molecule has 7 nitrogen and oxygen atoms in total. The van der Waals surface area contributed by atoms with Crippen LogP contribution < -0.4 is 24.8 Å². The predicted molar refractivity (Wildman–Crippen MR) is 150 cm³/mol. The fourth-order valence-corrected chi connectivity index (χ4v) is 5.65. The minimum absolute atomic E-state index is 0.00197. The quantitative estimate of drug-likeness (QED) is 0.390. The number of carbonyl (C=O) groups excluding carboxylic acids is 2. The zero-order valence-electron chi connectivity index (χ0n) is 22.8. The molecule has 0 unspecified atom stereocenters. The summed E-state index contributed by atoms with van der Waals surface area (Å²) in [5, 5.41) is 6.06. The number of rotatable bonds is 7. The highest BCUT2D eigenvalue weighted by Crippen LogP contribution is 2.49. The van der Waals surface area contributed by atoms with Crippen LogP contribution >= 0.6 is 0 Å². The average Bonchev–Trinajstić information content (AvgIpc) is 2.97. The molecule has 0 saturated heterocycles. The fourth-order valence-electron chi connectivity index (χ4n) is 5.65. The van der Waals surface area contributed by atoms with Crippen molar-refractivity contribution in [2.24, 2.45) is 0 Å². The number of nitrogens with one attached hydrogen (secondary N) is 2. The molecular weight excluding hydrogens is 511 g/mol. The smallest absolute Gasteiger partial charge is 0.254 e. The summed E-state index contributed by atoms with van der Waals surface area (Å²) in [6, 6.07) is 19.4. The summed E-state index contributed by atoms with van der Waals surface area (Å²) < 4.78 is 31.2. The van der Waals surface area contributed by atoms with Gasteiger partial charge in [-0.15, -0.1) is 0 Å². The van der Waals surface area contributed by atoms with Gasteiger partial charge in [0.15, 0.2) is 17.3 Å². The Morgan fingerprint density at radius 2 is 1.55 bits per heavy atom. The number of hydrogen-bond acceptors (Lipinski definition) is 6. The van der Waals surface area contributed by atoms with E-state index in [2.05, 4.69) is 10.6 Å². The average molecular weight is 543 g/mol. The SMILES string of the molecule is COc1cc([C@H]2C(C(=O)Nc3ccccc3F)=C(C)NC3=C2C(=O)C[C@H](c2ccccc2)C3)cc(OC)c1OC. The first kappa shape index (κ1) is 27.0. The first-order valence-corrected chi connectivity index (χ1v) is 13.0. The second-order valence-corrected chi connectivity index (χ2v) is 9.82. The molecule has 0 radical (unpaired) electrons. The Morgan fingerprint density at radius 3 is 2.17 bits per heavy atom. The lowest BCUT2D eigenvalue weighted by molar-refractivity contribution is -0.116. The number of ketones is 1. The fraction of sp³-hybridized carbons (Fsp3) is 0.250. The highest BCUT2D eigenvalue weighted by Gasteiger charge is 2.41. The Bertz CT molecular complexity index is 1500. The van der Waals surface area contributed by atoms with Crippen LogP contribution in [0.4, 0.5) is 10.1 Å². The first-order chi connectivity index (χ1) is 19.4. The molecule has 2 aliphatic rings. The van der Waals surface area contributed by atoms with E-state index in [4.69, 9.17) is 14.2 Å². The van der Waals surface area contributed by atoms with Crippen molar-refractivity contribution in [2.75, 3.05) is 26.6 Å². The summed E-state index contributed by atoms with van der Waals surface area (Å²) in [6.45, 7) is 1.79. The summed E-state index contributed by atoms with van der Waals surface area (Å²) in [7, 11) is 4.53. The highest BCUT2D eigenvalue weighted by atomic mass is 19.1. The summed E-state index contributed by atoms with van der Waals surface area (Å²) in [4.78, 5) is 27.7. The van der Waals surface area contributed by atoms with E-state index in [0.29, 0.717) is 52.5 Å². The number of carbonyl (C=O) groups is 2. The van der Waals surface area contributed by atoms with E-state index < -0.39 is 17.6 Å². The van der Waals surface area contributed by atoms with Gasteiger partial charge in [-0.05, 0) is 54.7 Å². The summed E-state index contributed by atoms with van der Waals surface area (Å²) in [5.41, 5.74) is 3.91. The van der Waals surface area contributed by atoms with Crippen LogP contribution in [0.3, 0.4) is 0 Å². The van der Waals surface area contributed by atoms with Gasteiger partial charge < -0.3 is 24.8 Å². The Labute approximate surface area is 232 Å². The van der Waals surface area contributed by atoms with E-state index in [0.717, 1.165) is 11.3 Å². The van der Waals surface area contributed by atoms with Gasteiger partial charge >= 0.3 is 0 Å². The first-order valence-electron chi connectivity index (χ1n) is 13.0. The van der Waals surface area contributed by atoms with E-state index in [1.807, 2.05) is 30.3 Å². The normalized spacial score (nSPS) is 18.6. The monoisotopic (exact) mass is 542 g/mol. The Kier molecular flexibility index (Phi) is 7.60. The van der Waals surface area contributed by atoms with Crippen molar-refractivity contribution in [1.82, 2.24) is 5.32 Å². The zero-order valence-corrected chi connectivity index (χ0v) is 22.8. The van der Waals surface area contributed by atoms with Crippen molar-refractivity contribution in [3.63, 3.8) is 0 Å². The van der Waals surface area contributed by atoms with Gasteiger partial charge in [0.2, 0.25) is 5.75 Å². The molecule has 206 valence electrons. The summed E-state index contributed by atoms with van der Waals surface area (Å²) in [5.74, 6) is -0.689. The molecule has 8 heteroatoms. The maximum Gasteiger partial charge on any atom is 0.254 e. The highest BCUT2D eigenvalue weighted by molar-refractivity contribution is 6.10. The third-order valence-electron chi connectivity index (χ3n) is 7.49. The summed E-state index contributed by atoms with van der Waals surface area (Å²) >= 11 is 0. The van der Waals surface area contributed by atoms with E-state index >= 15 is 0 Å². The molecular formula is C32H31FN2O5. The van der Waals surface area contributed by atoms with E-state index in [-0.39, 0.29) is 17.4 Å². The van der Waals surface area contributed by atoms with Crippen LogP contribution in [0, 0.1) is 5.82 Å². The van der Waals surface area contributed by atoms with Crippen LogP contribution in [0.15, 0.2) is 89.3 Å². The standard InChI is InChI=1S/C32H31FN2O5/c1-18-28(32(37)35-23-13-9-8-12-22(23)33)29(21-16-26(38-2)31(40-4)27(17-21)39-3)30-24(34-18)14-20(15-25(30)36)19-10-6-5-7-11-19/h5-13,16-17,20,29,34H,14-15H2,1-4H3,(H,35,37)/t20-,29+/m1/s1. The number of anilines is 1. The molecule has 1 aliphatic carbocycles. The maximum atomic E-state index is 14.5. The van der Waals surface area contributed by atoms with Gasteiger partial charge in [0, 0.05) is 34.9 Å². The van der Waals surface area contributed by atoms with Crippen LogP contribution in [0.1, 0.15) is 42.7 Å². The number of hydrogen-bond donors (Lipinski definition) is 2. The molecule has 0 bridgehead atoms. The van der Waals surface area contributed by atoms with Crippen LogP contribution in [0.25, 0.3) is 0 Å². The van der Waals surface area contributed by atoms with E-state index in [1.54, 1.807) is 31.2 Å². The second-order valence-electron chi connectivity index (χ2n) is 9.82. The second kappa shape index (κ2) is 11.3. The molecule has 3 aromatic carbocycles. The number of dihydropyridines is 1. The van der Waals surface area contributed by atoms with Crippen molar-refractivity contribution in [2.45, 2.75) is 31.6 Å². The molecule has 3 aromatic rings. The number of amides is 1. The van der Waals surface area contributed by atoms with Crippen molar-refractivity contribution in [3.05, 3.63) is 106 Å². The largest absolute Gasteiger partial charge is 0.493 e. The third kappa shape index (κ3) is 4.93. The topological polar surface area (TPSA) is 85.9 Å². The molecule has 2 atom stereocenters. The van der Waals surface area contributed by atoms with E-state index in [9.17, 15) is 14.0 Å². The lowest BCUT2D eigenvalue weighted by Crippen LogP contribution is -2.37. The molecule has 1 aliphatic heterocycles. The van der Waals surface area contributed by atoms with Gasteiger partial charge in [-0.25, -0.2) is 4.39 Å². The van der Waals surface area contributed by atoms with Gasteiger partial charge in [-0.3, -0.25) is 9.59 Å². The zero-order chi connectivity index (χ0) is 28.4. The number of Topliss-reactive ketones (excluding diaryl/α,β-unsaturated/α-hetero) is 1. The van der Waals surface area contributed by atoms with Gasteiger partial charge in [0.1, 0.15) is 5.82 Å². The Hall–Kier alpha value is -4.59. The van der Waals surface area contributed by atoms with Crippen molar-refractivity contribution in [3.8, 4) is 17.2 Å². The van der Waals surface area contributed by atoms with E-state index in [1.165, 1.54) is 33.5 Å². The molecule has 2 N–H and O–H groups in total. The molecule has 1 amide bonds. The van der Waals surface area contributed by atoms with Crippen LogP contribution in [0.5, 0.6) is 17.2 Å². The van der Waals surface area contributed by atoms with Gasteiger partial charge in [0.25, 0.3) is 5.91 Å². The molecule has 0 fully saturated rings. The minimum atomic E-state index is -0.749. The van der Waals surface area contributed by atoms with Gasteiger partial charge in [-0.2, -0.15) is 0 Å². The van der Waals surface area contributed by atoms with Crippen LogP contribution in [-0.2, 0) is 9.59 Å². The molecule has 0 aromatic heterocycles. The third-order valence-corrected chi connectivity index (χ3v) is 7.49. The van der Waals surface area contributed by atoms with Crippen molar-refractivity contribution >= 4 is 17.4 Å². The van der Waals surface area contributed by atoms with Gasteiger partial charge in [-0.1, -0.05) is 42.5 Å². The lowest BCUT2D eigenvalue weighted by Gasteiger charge is -2.37. The van der Waals surface area contributed by atoms with Crippen LogP contribution in [-0.4, -0.2) is 33.0 Å². The van der Waals surface area contributed by atoms with Crippen molar-refractivity contribution < 1.29 is 28.2 Å². The number of halogens is 1. The molecule has 0 saturated carbocycles. The number of methoxy groups -OCH3 is 3. The number of para-hydroxylation sites is 1. The number of allylic oxidation sites excluding steroid dienone is 3. The number of ether oxygens (including phenoxy) is 3. The molecule has 40 heavy (non-hydrogen) atoms. The predicted octanol–water partition coefficient (Wildman–Crippen LogP) is 5.85. The van der Waals surface area contributed by atoms with Crippen molar-refractivity contribution in [1.29, 1.82) is 0 Å². The van der Waals surface area contributed by atoms with Crippen LogP contribution in [0.2, 0.25) is 0 Å². The Balaban J connectivity index is 1.65. The lowest BCUT2D eigenvalue weighted by atomic mass is 9.71. The molecule has 0 spiro atoms. The summed E-state index contributed by atoms with van der Waals surface area (Å²) in [6.07, 6.45) is 0.901. The Morgan fingerprint density at radius 1 is 0.900 bits per heavy atom. The molecule has 5 rings (SSSR count). The minimum Gasteiger partial charge on any atom is -0.493 e.